The normalized spacial score (nSPS) is 17.2. The summed E-state index contributed by atoms with van der Waals surface area (Å²) < 4.78 is 13.3. The number of carbonyl (C=O) groups is 2. The number of nitrogens with zero attached hydrogens (tertiary/aromatic N) is 1. The molecule has 0 aromatic heterocycles. The van der Waals surface area contributed by atoms with E-state index < -0.39 is 0 Å². The monoisotopic (exact) mass is 315 g/mol. The Morgan fingerprint density at radius 1 is 1.43 bits per heavy atom. The Labute approximate surface area is 129 Å². The zero-order chi connectivity index (χ0) is 14.5. The molecule has 116 valence electrons. The summed E-state index contributed by atoms with van der Waals surface area (Å²) in [4.78, 5) is 24.9. The maximum atomic E-state index is 13.3. The summed E-state index contributed by atoms with van der Waals surface area (Å²) in [6, 6.07) is 6.17. The fourth-order valence-electron chi connectivity index (χ4n) is 2.47. The highest BCUT2D eigenvalue weighted by Gasteiger charge is 2.29. The zero-order valence-electron chi connectivity index (χ0n) is 11.5. The van der Waals surface area contributed by atoms with Crippen LogP contribution in [0.5, 0.6) is 0 Å². The van der Waals surface area contributed by atoms with Crippen LogP contribution in [0.2, 0.25) is 0 Å². The van der Waals surface area contributed by atoms with E-state index in [1.54, 1.807) is 11.0 Å². The van der Waals surface area contributed by atoms with Gasteiger partial charge in [-0.05, 0) is 30.5 Å². The van der Waals surface area contributed by atoms with Crippen LogP contribution in [-0.4, -0.2) is 36.3 Å². The Morgan fingerprint density at radius 3 is 2.86 bits per heavy atom. The van der Waals surface area contributed by atoms with Crippen LogP contribution >= 0.6 is 12.4 Å². The van der Waals surface area contributed by atoms with Crippen molar-refractivity contribution in [3.05, 3.63) is 35.6 Å². The quantitative estimate of drug-likeness (QED) is 0.870. The number of hydrogen-bond donors (Lipinski definition) is 2. The molecule has 2 rings (SSSR count). The average molecular weight is 316 g/mol. The first-order valence-corrected chi connectivity index (χ1v) is 6.63. The Balaban J connectivity index is 0.00000220. The maximum absolute atomic E-state index is 13.3. The Kier molecular flexibility index (Phi) is 6.58. The summed E-state index contributed by atoms with van der Waals surface area (Å²) in [6.07, 6.45) is 1.68. The van der Waals surface area contributed by atoms with E-state index in [1.807, 2.05) is 6.07 Å². The summed E-state index contributed by atoms with van der Waals surface area (Å²) in [5, 5.41) is 2.46. The predicted octanol–water partition coefficient (Wildman–Crippen LogP) is 0.986. The van der Waals surface area contributed by atoms with Gasteiger partial charge in [0.05, 0.1) is 19.1 Å². The molecule has 1 aromatic rings. The molecule has 1 aliphatic heterocycles. The van der Waals surface area contributed by atoms with Crippen LogP contribution < -0.4 is 11.1 Å². The van der Waals surface area contributed by atoms with Crippen LogP contribution in [0.3, 0.4) is 0 Å². The number of halogens is 2. The Bertz CT molecular complexity index is 513. The fourth-order valence-corrected chi connectivity index (χ4v) is 2.47. The van der Waals surface area contributed by atoms with E-state index in [0.717, 1.165) is 18.4 Å². The molecular formula is C14H19ClFN3O2. The summed E-state index contributed by atoms with van der Waals surface area (Å²) in [5.74, 6) is -0.836. The third-order valence-corrected chi connectivity index (χ3v) is 3.43. The molecule has 1 atom stereocenters. The van der Waals surface area contributed by atoms with Gasteiger partial charge in [0, 0.05) is 6.54 Å². The number of likely N-dealkylation sites (tertiary alicyclic amines) is 1. The Morgan fingerprint density at radius 2 is 2.19 bits per heavy atom. The van der Waals surface area contributed by atoms with Gasteiger partial charge in [0.25, 0.3) is 0 Å². The third-order valence-electron chi connectivity index (χ3n) is 3.43. The van der Waals surface area contributed by atoms with E-state index in [4.69, 9.17) is 5.73 Å². The van der Waals surface area contributed by atoms with Crippen LogP contribution in [0, 0.1) is 5.82 Å². The second kappa shape index (κ2) is 7.95. The summed E-state index contributed by atoms with van der Waals surface area (Å²) in [5.41, 5.74) is 5.96. The number of rotatable bonds is 4. The number of nitrogens with one attached hydrogen (secondary N) is 1. The van der Waals surface area contributed by atoms with Gasteiger partial charge >= 0.3 is 0 Å². The standard InChI is InChI=1S/C14H18FN3O2.ClH/c15-11-4-1-3-10(7-11)12-5-2-6-18(12)14(20)9-17-13(19)8-16;/h1,3-4,7,12H,2,5-6,8-9,16H2,(H,17,19);1H. The number of nitrogens with two attached hydrogens (primary N) is 1. The first kappa shape index (κ1) is 17.4. The average Bonchev–Trinajstić information content (AvgIpc) is 2.93. The topological polar surface area (TPSA) is 75.4 Å². The molecule has 0 bridgehead atoms. The minimum absolute atomic E-state index is 0. The molecule has 1 aromatic carbocycles. The van der Waals surface area contributed by atoms with Gasteiger partial charge in [0.15, 0.2) is 0 Å². The molecule has 1 aliphatic rings. The summed E-state index contributed by atoms with van der Waals surface area (Å²) >= 11 is 0. The van der Waals surface area contributed by atoms with Crippen molar-refractivity contribution in [2.45, 2.75) is 18.9 Å². The highest BCUT2D eigenvalue weighted by Crippen LogP contribution is 2.31. The van der Waals surface area contributed by atoms with Gasteiger partial charge in [-0.2, -0.15) is 0 Å². The SMILES string of the molecule is Cl.NCC(=O)NCC(=O)N1CCCC1c1cccc(F)c1. The lowest BCUT2D eigenvalue weighted by molar-refractivity contribution is -0.133. The molecule has 1 unspecified atom stereocenters. The molecule has 0 aliphatic carbocycles. The van der Waals surface area contributed by atoms with Crippen LogP contribution in [-0.2, 0) is 9.59 Å². The van der Waals surface area contributed by atoms with Gasteiger partial charge in [0.2, 0.25) is 11.8 Å². The number of carbonyl (C=O) groups excluding carboxylic acids is 2. The molecule has 0 spiro atoms. The van der Waals surface area contributed by atoms with Crippen LogP contribution in [0.15, 0.2) is 24.3 Å². The van der Waals surface area contributed by atoms with Crippen LogP contribution in [0.4, 0.5) is 4.39 Å². The van der Waals surface area contributed by atoms with Crippen molar-refractivity contribution in [3.63, 3.8) is 0 Å². The minimum atomic E-state index is -0.361. The van der Waals surface area contributed by atoms with Crippen molar-refractivity contribution in [1.82, 2.24) is 10.2 Å². The molecule has 21 heavy (non-hydrogen) atoms. The lowest BCUT2D eigenvalue weighted by atomic mass is 10.0. The highest BCUT2D eigenvalue weighted by atomic mass is 35.5. The van der Waals surface area contributed by atoms with Crippen molar-refractivity contribution in [2.24, 2.45) is 5.73 Å². The molecule has 0 saturated carbocycles. The van der Waals surface area contributed by atoms with E-state index >= 15 is 0 Å². The predicted molar refractivity (Wildman–Crippen MR) is 79.4 cm³/mol. The van der Waals surface area contributed by atoms with E-state index in [-0.39, 0.29) is 49.2 Å². The molecular weight excluding hydrogens is 297 g/mol. The zero-order valence-corrected chi connectivity index (χ0v) is 12.4. The molecule has 1 fully saturated rings. The third kappa shape index (κ3) is 4.41. The lowest BCUT2D eigenvalue weighted by Crippen LogP contribution is -2.41. The van der Waals surface area contributed by atoms with Crippen LogP contribution in [0.1, 0.15) is 24.4 Å². The van der Waals surface area contributed by atoms with Crippen molar-refractivity contribution >= 4 is 24.2 Å². The van der Waals surface area contributed by atoms with E-state index in [1.165, 1.54) is 12.1 Å². The van der Waals surface area contributed by atoms with Crippen LogP contribution in [0.25, 0.3) is 0 Å². The van der Waals surface area contributed by atoms with E-state index in [9.17, 15) is 14.0 Å². The number of amides is 2. The second-order valence-corrected chi connectivity index (χ2v) is 4.78. The number of benzene rings is 1. The molecule has 0 radical (unpaired) electrons. The van der Waals surface area contributed by atoms with Gasteiger partial charge in [-0.3, -0.25) is 9.59 Å². The molecule has 2 amide bonds. The van der Waals surface area contributed by atoms with Crippen molar-refractivity contribution in [1.29, 1.82) is 0 Å². The van der Waals surface area contributed by atoms with Gasteiger partial charge in [-0.15, -0.1) is 12.4 Å². The van der Waals surface area contributed by atoms with Crippen molar-refractivity contribution in [2.75, 3.05) is 19.6 Å². The molecule has 7 heteroatoms. The second-order valence-electron chi connectivity index (χ2n) is 4.78. The van der Waals surface area contributed by atoms with E-state index in [2.05, 4.69) is 5.32 Å². The molecule has 5 nitrogen and oxygen atoms in total. The molecule has 3 N–H and O–H groups in total. The summed E-state index contributed by atoms with van der Waals surface area (Å²) in [7, 11) is 0. The Hall–Kier alpha value is -1.66. The maximum Gasteiger partial charge on any atom is 0.242 e. The number of hydrogen-bond acceptors (Lipinski definition) is 3. The first-order chi connectivity index (χ1) is 9.61. The largest absolute Gasteiger partial charge is 0.346 e. The minimum Gasteiger partial charge on any atom is -0.346 e. The first-order valence-electron chi connectivity index (χ1n) is 6.63. The molecule has 1 saturated heterocycles. The van der Waals surface area contributed by atoms with Crippen molar-refractivity contribution < 1.29 is 14.0 Å². The van der Waals surface area contributed by atoms with E-state index in [0.29, 0.717) is 6.54 Å². The van der Waals surface area contributed by atoms with Gasteiger partial charge in [-0.1, -0.05) is 12.1 Å². The lowest BCUT2D eigenvalue weighted by Gasteiger charge is -2.25. The van der Waals surface area contributed by atoms with Gasteiger partial charge in [0.1, 0.15) is 5.82 Å². The van der Waals surface area contributed by atoms with Crippen molar-refractivity contribution in [3.8, 4) is 0 Å². The molecule has 1 heterocycles. The smallest absolute Gasteiger partial charge is 0.242 e. The van der Waals surface area contributed by atoms with Gasteiger partial charge in [-0.25, -0.2) is 4.39 Å². The summed E-state index contributed by atoms with van der Waals surface area (Å²) in [6.45, 7) is 0.418. The highest BCUT2D eigenvalue weighted by molar-refractivity contribution is 5.86. The van der Waals surface area contributed by atoms with Gasteiger partial charge < -0.3 is 16.0 Å². The fraction of sp³-hybridized carbons (Fsp3) is 0.429.